The maximum Gasteiger partial charge on any atom is 0.261 e. The van der Waals surface area contributed by atoms with Crippen molar-refractivity contribution in [3.05, 3.63) is 23.8 Å². The van der Waals surface area contributed by atoms with E-state index in [0.717, 1.165) is 31.2 Å². The van der Waals surface area contributed by atoms with Crippen LogP contribution in [0.1, 0.15) is 37.7 Å². The lowest BCUT2D eigenvalue weighted by molar-refractivity contribution is -0.128. The molecule has 3 rings (SSSR count). The van der Waals surface area contributed by atoms with Crippen molar-refractivity contribution >= 4 is 21.6 Å². The first-order chi connectivity index (χ1) is 11.3. The molecule has 1 N–H and O–H groups in total. The van der Waals surface area contributed by atoms with Crippen LogP contribution in [0.4, 0.5) is 5.69 Å². The molecule has 1 aliphatic heterocycles. The number of ether oxygens (including phenoxy) is 1. The summed E-state index contributed by atoms with van der Waals surface area (Å²) in [6.07, 6.45) is 5.13. The average molecular weight is 352 g/mol. The van der Waals surface area contributed by atoms with Gasteiger partial charge in [-0.2, -0.15) is 0 Å². The van der Waals surface area contributed by atoms with Gasteiger partial charge in [0.1, 0.15) is 5.75 Å². The molecule has 0 saturated heterocycles. The highest BCUT2D eigenvalue weighted by molar-refractivity contribution is 7.92. The second kappa shape index (κ2) is 6.63. The zero-order chi connectivity index (χ0) is 17.3. The summed E-state index contributed by atoms with van der Waals surface area (Å²) in [5.41, 5.74) is 1.45. The Kier molecular flexibility index (Phi) is 4.71. The molecule has 132 valence electrons. The minimum Gasteiger partial charge on any atom is -0.478 e. The monoisotopic (exact) mass is 352 g/mol. The summed E-state index contributed by atoms with van der Waals surface area (Å²) in [6.45, 7) is 2.13. The predicted molar refractivity (Wildman–Crippen MR) is 92.8 cm³/mol. The Morgan fingerprint density at radius 1 is 1.25 bits per heavy atom. The van der Waals surface area contributed by atoms with Gasteiger partial charge in [0, 0.05) is 19.0 Å². The minimum atomic E-state index is -3.43. The molecule has 1 aliphatic carbocycles. The number of aryl methyl sites for hydroxylation is 1. The number of nitrogens with one attached hydrogen (secondary N) is 1. The van der Waals surface area contributed by atoms with E-state index in [1.54, 1.807) is 12.1 Å². The number of carbonyl (C=O) groups is 1. The number of hydrogen-bond donors (Lipinski definition) is 1. The van der Waals surface area contributed by atoms with E-state index in [2.05, 4.69) is 5.32 Å². The fourth-order valence-corrected chi connectivity index (χ4v) is 4.32. The lowest BCUT2D eigenvalue weighted by atomic mass is 10.2. The van der Waals surface area contributed by atoms with Gasteiger partial charge in [0.25, 0.3) is 5.91 Å². The molecule has 7 heteroatoms. The van der Waals surface area contributed by atoms with Crippen LogP contribution in [0.3, 0.4) is 0 Å². The highest BCUT2D eigenvalue weighted by Gasteiger charge is 2.32. The smallest absolute Gasteiger partial charge is 0.261 e. The Labute approximate surface area is 143 Å². The number of carbonyl (C=O) groups excluding carboxylic acids is 1. The normalized spacial score (nSPS) is 21.8. The topological polar surface area (TPSA) is 75.7 Å². The molecule has 1 aromatic carbocycles. The van der Waals surface area contributed by atoms with Crippen LogP contribution in [-0.2, 0) is 14.8 Å². The number of benzene rings is 1. The summed E-state index contributed by atoms with van der Waals surface area (Å²) < 4.78 is 31.5. The van der Waals surface area contributed by atoms with Crippen molar-refractivity contribution in [2.24, 2.45) is 0 Å². The van der Waals surface area contributed by atoms with Crippen LogP contribution < -0.4 is 14.4 Å². The van der Waals surface area contributed by atoms with Gasteiger partial charge in [-0.1, -0.05) is 18.9 Å². The first kappa shape index (κ1) is 17.1. The zero-order valence-corrected chi connectivity index (χ0v) is 14.9. The van der Waals surface area contributed by atoms with Gasteiger partial charge in [-0.15, -0.1) is 0 Å². The lowest BCUT2D eigenvalue weighted by Crippen LogP contribution is -2.43. The predicted octanol–water partition coefficient (Wildman–Crippen LogP) is 1.97. The second-order valence-corrected chi connectivity index (χ2v) is 8.60. The summed E-state index contributed by atoms with van der Waals surface area (Å²) in [6, 6.07) is 5.60. The van der Waals surface area contributed by atoms with Crippen LogP contribution in [0.15, 0.2) is 18.2 Å². The SMILES string of the molecule is Cc1ccc2c(c1)N(S(C)(=O)=O)CC[C@@H](C(=O)NC1CCCC1)O2. The summed E-state index contributed by atoms with van der Waals surface area (Å²) in [5.74, 6) is 0.291. The van der Waals surface area contributed by atoms with Gasteiger partial charge in [-0.25, -0.2) is 8.42 Å². The molecule has 1 heterocycles. The minimum absolute atomic E-state index is 0.149. The summed E-state index contributed by atoms with van der Waals surface area (Å²) in [4.78, 5) is 12.5. The Morgan fingerprint density at radius 3 is 2.62 bits per heavy atom. The van der Waals surface area contributed by atoms with Crippen molar-refractivity contribution in [1.82, 2.24) is 5.32 Å². The van der Waals surface area contributed by atoms with Gasteiger partial charge in [-0.3, -0.25) is 9.10 Å². The molecular formula is C17H24N2O4S. The molecule has 1 atom stereocenters. The van der Waals surface area contributed by atoms with Gasteiger partial charge >= 0.3 is 0 Å². The second-order valence-electron chi connectivity index (χ2n) is 6.69. The first-order valence-electron chi connectivity index (χ1n) is 8.40. The van der Waals surface area contributed by atoms with Crippen molar-refractivity contribution in [3.8, 4) is 5.75 Å². The molecule has 6 nitrogen and oxygen atoms in total. The highest BCUT2D eigenvalue weighted by Crippen LogP contribution is 2.35. The number of amides is 1. The van der Waals surface area contributed by atoms with Crippen LogP contribution in [0.5, 0.6) is 5.75 Å². The molecule has 1 amide bonds. The lowest BCUT2D eigenvalue weighted by Gasteiger charge is -2.21. The maximum absolute atomic E-state index is 12.5. The van der Waals surface area contributed by atoms with E-state index in [9.17, 15) is 13.2 Å². The van der Waals surface area contributed by atoms with E-state index in [-0.39, 0.29) is 18.5 Å². The van der Waals surface area contributed by atoms with E-state index in [4.69, 9.17) is 4.74 Å². The number of hydrogen-bond acceptors (Lipinski definition) is 4. The third-order valence-corrected chi connectivity index (χ3v) is 5.82. The highest BCUT2D eigenvalue weighted by atomic mass is 32.2. The zero-order valence-electron chi connectivity index (χ0n) is 14.1. The van der Waals surface area contributed by atoms with Gasteiger partial charge in [0.2, 0.25) is 10.0 Å². The van der Waals surface area contributed by atoms with Crippen LogP contribution >= 0.6 is 0 Å². The van der Waals surface area contributed by atoms with Gasteiger partial charge in [-0.05, 0) is 37.5 Å². The third-order valence-electron chi connectivity index (χ3n) is 4.64. The van der Waals surface area contributed by atoms with Gasteiger partial charge in [0.05, 0.1) is 11.9 Å². The molecule has 1 saturated carbocycles. The van der Waals surface area contributed by atoms with Crippen molar-refractivity contribution in [2.45, 2.75) is 51.2 Å². The van der Waals surface area contributed by atoms with E-state index >= 15 is 0 Å². The van der Waals surface area contributed by atoms with Crippen LogP contribution in [0, 0.1) is 6.92 Å². The molecule has 0 unspecified atom stereocenters. The maximum atomic E-state index is 12.5. The largest absolute Gasteiger partial charge is 0.478 e. The average Bonchev–Trinajstić information content (AvgIpc) is 2.91. The molecule has 1 aromatic rings. The Hall–Kier alpha value is -1.76. The van der Waals surface area contributed by atoms with Crippen LogP contribution in [0.2, 0.25) is 0 Å². The number of sulfonamides is 1. The molecule has 1 fully saturated rings. The molecule has 0 radical (unpaired) electrons. The quantitative estimate of drug-likeness (QED) is 0.902. The van der Waals surface area contributed by atoms with Gasteiger partial charge in [0.15, 0.2) is 6.10 Å². The van der Waals surface area contributed by atoms with Crippen molar-refractivity contribution < 1.29 is 17.9 Å². The molecule has 0 spiro atoms. The molecular weight excluding hydrogens is 328 g/mol. The van der Waals surface area contributed by atoms with Gasteiger partial charge < -0.3 is 10.1 Å². The Balaban J connectivity index is 1.84. The Bertz CT molecular complexity index is 726. The fraction of sp³-hybridized carbons (Fsp3) is 0.588. The summed E-state index contributed by atoms with van der Waals surface area (Å²) >= 11 is 0. The summed E-state index contributed by atoms with van der Waals surface area (Å²) in [7, 11) is -3.43. The van der Waals surface area contributed by atoms with E-state index in [1.807, 2.05) is 13.0 Å². The molecule has 0 aromatic heterocycles. The third kappa shape index (κ3) is 3.66. The molecule has 2 aliphatic rings. The van der Waals surface area contributed by atoms with E-state index < -0.39 is 16.1 Å². The van der Waals surface area contributed by atoms with Crippen molar-refractivity contribution in [2.75, 3.05) is 17.1 Å². The summed E-state index contributed by atoms with van der Waals surface area (Å²) in [5, 5.41) is 3.04. The fourth-order valence-electron chi connectivity index (χ4n) is 3.38. The van der Waals surface area contributed by atoms with Crippen LogP contribution in [-0.4, -0.2) is 39.3 Å². The molecule has 24 heavy (non-hydrogen) atoms. The number of rotatable bonds is 3. The number of nitrogens with zero attached hydrogens (tertiary/aromatic N) is 1. The van der Waals surface area contributed by atoms with Crippen molar-refractivity contribution in [3.63, 3.8) is 0 Å². The van der Waals surface area contributed by atoms with Crippen molar-refractivity contribution in [1.29, 1.82) is 0 Å². The number of fused-ring (bicyclic) bond motifs is 1. The van der Waals surface area contributed by atoms with E-state index in [1.165, 1.54) is 10.6 Å². The van der Waals surface area contributed by atoms with E-state index in [0.29, 0.717) is 17.9 Å². The molecule has 0 bridgehead atoms. The first-order valence-corrected chi connectivity index (χ1v) is 10.2. The van der Waals surface area contributed by atoms with Crippen LogP contribution in [0.25, 0.3) is 0 Å². The standard InChI is InChI=1S/C17H24N2O4S/c1-12-7-8-15-14(11-12)19(24(2,21)22)10-9-16(23-15)17(20)18-13-5-3-4-6-13/h7-8,11,13,16H,3-6,9-10H2,1-2H3,(H,18,20)/t16-/m0/s1. The Morgan fingerprint density at radius 2 is 1.96 bits per heavy atom. The number of anilines is 1.